The van der Waals surface area contributed by atoms with Crippen molar-refractivity contribution in [3.63, 3.8) is 0 Å². The van der Waals surface area contributed by atoms with Crippen LogP contribution in [0.1, 0.15) is 43.6 Å². The van der Waals surface area contributed by atoms with Crippen LogP contribution >= 0.6 is 0 Å². The summed E-state index contributed by atoms with van der Waals surface area (Å²) in [5.74, 6) is 0.907. The molecule has 0 saturated carbocycles. The van der Waals surface area contributed by atoms with Crippen LogP contribution in [0.15, 0.2) is 10.6 Å². The van der Waals surface area contributed by atoms with Crippen LogP contribution in [0.4, 0.5) is 0 Å². The van der Waals surface area contributed by atoms with E-state index in [2.05, 4.69) is 5.16 Å². The zero-order valence-electron chi connectivity index (χ0n) is 9.79. The van der Waals surface area contributed by atoms with Crippen molar-refractivity contribution in [1.29, 1.82) is 0 Å². The van der Waals surface area contributed by atoms with Crippen LogP contribution in [0, 0.1) is 6.92 Å². The number of unbranched alkanes of at least 4 members (excludes halogenated alkanes) is 4. The summed E-state index contributed by atoms with van der Waals surface area (Å²) >= 11 is 0. The van der Waals surface area contributed by atoms with Crippen LogP contribution in [0.5, 0.6) is 0 Å². The first-order valence-corrected chi connectivity index (χ1v) is 5.74. The van der Waals surface area contributed by atoms with Crippen molar-refractivity contribution in [1.82, 2.24) is 5.16 Å². The molecule has 0 saturated heterocycles. The molecule has 0 aromatic carbocycles. The lowest BCUT2D eigenvalue weighted by molar-refractivity contribution is 0.192. The molecule has 0 atom stereocenters. The van der Waals surface area contributed by atoms with E-state index in [9.17, 15) is 0 Å². The minimum absolute atomic E-state index is 0.891. The molecular formula is C12H21NO2. The Kier molecular flexibility index (Phi) is 6.09. The van der Waals surface area contributed by atoms with Gasteiger partial charge in [-0.15, -0.1) is 0 Å². The molecule has 1 aromatic heterocycles. The second-order valence-corrected chi connectivity index (χ2v) is 3.94. The molecule has 0 fully saturated rings. The van der Waals surface area contributed by atoms with E-state index < -0.39 is 0 Å². The molecule has 0 radical (unpaired) electrons. The zero-order chi connectivity index (χ0) is 10.9. The summed E-state index contributed by atoms with van der Waals surface area (Å²) in [6.45, 7) is 2.82. The summed E-state index contributed by atoms with van der Waals surface area (Å²) in [4.78, 5) is 0. The van der Waals surface area contributed by atoms with Crippen molar-refractivity contribution in [2.45, 2.75) is 45.4 Å². The molecule has 15 heavy (non-hydrogen) atoms. The Hall–Kier alpha value is -0.830. The average molecular weight is 211 g/mol. The number of hydrogen-bond acceptors (Lipinski definition) is 3. The Morgan fingerprint density at radius 3 is 2.60 bits per heavy atom. The maximum absolute atomic E-state index is 5.01. The summed E-state index contributed by atoms with van der Waals surface area (Å²) < 4.78 is 10.0. The molecule has 0 amide bonds. The summed E-state index contributed by atoms with van der Waals surface area (Å²) in [5.41, 5.74) is 1.09. The van der Waals surface area contributed by atoms with Crippen molar-refractivity contribution in [3.8, 4) is 0 Å². The van der Waals surface area contributed by atoms with E-state index in [1.165, 1.54) is 32.1 Å². The van der Waals surface area contributed by atoms with Gasteiger partial charge in [-0.25, -0.2) is 0 Å². The highest BCUT2D eigenvalue weighted by atomic mass is 16.5. The molecule has 0 bridgehead atoms. The maximum atomic E-state index is 5.01. The lowest BCUT2D eigenvalue weighted by atomic mass is 10.1. The van der Waals surface area contributed by atoms with E-state index >= 15 is 0 Å². The van der Waals surface area contributed by atoms with Gasteiger partial charge < -0.3 is 9.26 Å². The van der Waals surface area contributed by atoms with Crippen LogP contribution in [0.3, 0.4) is 0 Å². The molecule has 1 heterocycles. The number of methoxy groups -OCH3 is 1. The zero-order valence-corrected chi connectivity index (χ0v) is 9.79. The van der Waals surface area contributed by atoms with Gasteiger partial charge in [-0.3, -0.25) is 0 Å². The van der Waals surface area contributed by atoms with Crippen LogP contribution < -0.4 is 0 Å². The smallest absolute Gasteiger partial charge is 0.133 e. The predicted octanol–water partition coefficient (Wildman–Crippen LogP) is 3.12. The van der Waals surface area contributed by atoms with Gasteiger partial charge in [0.25, 0.3) is 0 Å². The van der Waals surface area contributed by atoms with Gasteiger partial charge in [0.05, 0.1) is 5.69 Å². The molecule has 3 heteroatoms. The molecule has 0 spiro atoms. The predicted molar refractivity (Wildman–Crippen MR) is 59.9 cm³/mol. The van der Waals surface area contributed by atoms with Crippen LogP contribution in [0.25, 0.3) is 0 Å². The summed E-state index contributed by atoms with van der Waals surface area (Å²) in [7, 11) is 1.76. The highest BCUT2D eigenvalue weighted by Gasteiger charge is 1.99. The number of hydrogen-bond donors (Lipinski definition) is 0. The molecule has 0 aliphatic heterocycles. The number of rotatable bonds is 8. The van der Waals surface area contributed by atoms with Crippen molar-refractivity contribution in [3.05, 3.63) is 17.5 Å². The van der Waals surface area contributed by atoms with Gasteiger partial charge in [0.1, 0.15) is 5.76 Å². The third-order valence-corrected chi connectivity index (χ3v) is 2.46. The van der Waals surface area contributed by atoms with Crippen LogP contribution in [-0.4, -0.2) is 18.9 Å². The average Bonchev–Trinajstić information content (AvgIpc) is 2.63. The standard InChI is InChI=1S/C12H21NO2/c1-11-10-12(13-15-11)8-6-4-3-5-7-9-14-2/h10H,3-9H2,1-2H3. The Morgan fingerprint density at radius 1 is 1.20 bits per heavy atom. The van der Waals surface area contributed by atoms with E-state index in [4.69, 9.17) is 9.26 Å². The monoisotopic (exact) mass is 211 g/mol. The summed E-state index contributed by atoms with van der Waals surface area (Å²) in [6, 6.07) is 2.02. The highest BCUT2D eigenvalue weighted by Crippen LogP contribution is 2.09. The van der Waals surface area contributed by atoms with Gasteiger partial charge in [-0.1, -0.05) is 24.4 Å². The van der Waals surface area contributed by atoms with Gasteiger partial charge in [0.2, 0.25) is 0 Å². The fourth-order valence-corrected chi connectivity index (χ4v) is 1.62. The first kappa shape index (κ1) is 12.2. The first-order chi connectivity index (χ1) is 7.33. The molecule has 0 aliphatic carbocycles. The molecule has 86 valence electrons. The van der Waals surface area contributed by atoms with Crippen LogP contribution in [0.2, 0.25) is 0 Å². The summed E-state index contributed by atoms with van der Waals surface area (Å²) in [6.07, 6.45) is 7.27. The Balaban J connectivity index is 1.93. The number of aryl methyl sites for hydroxylation is 2. The quantitative estimate of drug-likeness (QED) is 0.620. The number of aromatic nitrogens is 1. The fourth-order valence-electron chi connectivity index (χ4n) is 1.62. The number of nitrogens with zero attached hydrogens (tertiary/aromatic N) is 1. The SMILES string of the molecule is COCCCCCCCc1cc(C)on1. The van der Waals surface area contributed by atoms with Crippen molar-refractivity contribution in [2.75, 3.05) is 13.7 Å². The minimum Gasteiger partial charge on any atom is -0.385 e. The molecule has 3 nitrogen and oxygen atoms in total. The normalized spacial score (nSPS) is 10.8. The molecule has 0 unspecified atom stereocenters. The lowest BCUT2D eigenvalue weighted by Crippen LogP contribution is -1.89. The minimum atomic E-state index is 0.891. The maximum Gasteiger partial charge on any atom is 0.133 e. The first-order valence-electron chi connectivity index (χ1n) is 5.74. The highest BCUT2D eigenvalue weighted by molar-refractivity contribution is 5.03. The molecule has 0 aliphatic rings. The van der Waals surface area contributed by atoms with Gasteiger partial charge >= 0.3 is 0 Å². The van der Waals surface area contributed by atoms with E-state index in [0.29, 0.717) is 0 Å². The van der Waals surface area contributed by atoms with Crippen molar-refractivity contribution in [2.24, 2.45) is 0 Å². The van der Waals surface area contributed by atoms with Crippen molar-refractivity contribution >= 4 is 0 Å². The fraction of sp³-hybridized carbons (Fsp3) is 0.750. The third-order valence-electron chi connectivity index (χ3n) is 2.46. The van der Waals surface area contributed by atoms with Gasteiger partial charge in [0, 0.05) is 19.8 Å². The lowest BCUT2D eigenvalue weighted by Gasteiger charge is -1.99. The molecule has 1 rings (SSSR count). The Labute approximate surface area is 91.8 Å². The topological polar surface area (TPSA) is 35.3 Å². The van der Waals surface area contributed by atoms with E-state index in [0.717, 1.165) is 24.5 Å². The molecule has 0 N–H and O–H groups in total. The second kappa shape index (κ2) is 7.46. The largest absolute Gasteiger partial charge is 0.385 e. The summed E-state index contributed by atoms with van der Waals surface area (Å²) in [5, 5.41) is 3.97. The van der Waals surface area contributed by atoms with E-state index in [-0.39, 0.29) is 0 Å². The van der Waals surface area contributed by atoms with Crippen molar-refractivity contribution < 1.29 is 9.26 Å². The second-order valence-electron chi connectivity index (χ2n) is 3.94. The van der Waals surface area contributed by atoms with Gasteiger partial charge in [0.15, 0.2) is 0 Å². The third kappa shape index (κ3) is 5.57. The van der Waals surface area contributed by atoms with E-state index in [1.54, 1.807) is 7.11 Å². The molecule has 1 aromatic rings. The van der Waals surface area contributed by atoms with Gasteiger partial charge in [-0.05, 0) is 26.2 Å². The Morgan fingerprint density at radius 2 is 1.93 bits per heavy atom. The van der Waals surface area contributed by atoms with Gasteiger partial charge in [-0.2, -0.15) is 0 Å². The Bertz CT molecular complexity index is 258. The number of ether oxygens (including phenoxy) is 1. The van der Waals surface area contributed by atoms with Crippen LogP contribution in [-0.2, 0) is 11.2 Å². The molecular weight excluding hydrogens is 190 g/mol. The van der Waals surface area contributed by atoms with E-state index in [1.807, 2.05) is 13.0 Å².